The minimum Gasteiger partial charge on any atom is -0.170 e. The van der Waals surface area contributed by atoms with Crippen molar-refractivity contribution in [1.29, 1.82) is 0 Å². The van der Waals surface area contributed by atoms with Gasteiger partial charge in [0.2, 0.25) is 0 Å². The normalized spacial score (nSPS) is 48.6. The second-order valence-electron chi connectivity index (χ2n) is 4.54. The molecule has 0 bridgehead atoms. The Balaban J connectivity index is 2.06. The van der Waals surface area contributed by atoms with Crippen LogP contribution < -0.4 is 0 Å². The van der Waals surface area contributed by atoms with Gasteiger partial charge in [0.15, 0.2) is 0 Å². The first-order chi connectivity index (χ1) is 7.18. The molecule has 0 nitrogen and oxygen atoms in total. The first-order valence-electron chi connectivity index (χ1n) is 4.70. The van der Waals surface area contributed by atoms with Crippen LogP contribution in [-0.2, 0) is 0 Å². The number of fused-ring (bicyclic) bond motifs is 4. The van der Waals surface area contributed by atoms with Crippen molar-refractivity contribution in [3.05, 3.63) is 24.3 Å². The van der Waals surface area contributed by atoms with Gasteiger partial charge in [-0.3, -0.25) is 0 Å². The van der Waals surface area contributed by atoms with E-state index in [1.165, 1.54) is 0 Å². The van der Waals surface area contributed by atoms with Gasteiger partial charge in [-0.25, -0.2) is 0 Å². The smallest absolute Gasteiger partial charge is 0.170 e. The summed E-state index contributed by atoms with van der Waals surface area (Å²) in [5, 5.41) is 0. The highest BCUT2D eigenvalue weighted by Crippen LogP contribution is 2.82. The fraction of sp³-hybridized carbons (Fsp3) is 0.600. The van der Waals surface area contributed by atoms with E-state index in [1.807, 2.05) is 0 Å². The van der Waals surface area contributed by atoms with Gasteiger partial charge in [0, 0.05) is 11.8 Å². The van der Waals surface area contributed by atoms with Gasteiger partial charge in [-0.1, -0.05) is 24.3 Å². The Bertz CT molecular complexity index is 362. The number of halogens is 6. The van der Waals surface area contributed by atoms with E-state index in [0.717, 1.165) is 24.3 Å². The Kier molecular flexibility index (Phi) is 1.40. The van der Waals surface area contributed by atoms with Crippen molar-refractivity contribution in [2.75, 3.05) is 0 Å². The molecule has 88 valence electrons. The van der Waals surface area contributed by atoms with E-state index in [0.29, 0.717) is 0 Å². The Morgan fingerprint density at radius 1 is 0.688 bits per heavy atom. The first kappa shape index (κ1) is 10.2. The molecule has 3 aliphatic rings. The quantitative estimate of drug-likeness (QED) is 0.449. The summed E-state index contributed by atoms with van der Waals surface area (Å²) in [4.78, 5) is 0. The summed E-state index contributed by atoms with van der Waals surface area (Å²) in [6.45, 7) is 0. The molecule has 0 atom stereocenters. The van der Waals surface area contributed by atoms with Crippen LogP contribution >= 0.6 is 0 Å². The summed E-state index contributed by atoms with van der Waals surface area (Å²) >= 11 is 0. The number of alkyl halides is 6. The highest BCUT2D eigenvalue weighted by Gasteiger charge is 2.88. The van der Waals surface area contributed by atoms with Crippen LogP contribution in [0.15, 0.2) is 24.3 Å². The zero-order valence-electron chi connectivity index (χ0n) is 7.73. The SMILES string of the molecule is FC(F)(F)C12C=CC1C1(C(F)(F)F)C=CC21. The number of hydrogen-bond acceptors (Lipinski definition) is 0. The number of allylic oxidation sites excluding steroid dienone is 4. The molecule has 0 heterocycles. The molecule has 3 rings (SSSR count). The maximum atomic E-state index is 12.8. The minimum absolute atomic E-state index is 0.871. The van der Waals surface area contributed by atoms with Crippen LogP contribution in [0.5, 0.6) is 0 Å². The molecular weight excluding hydrogens is 234 g/mol. The van der Waals surface area contributed by atoms with E-state index in [1.54, 1.807) is 0 Å². The van der Waals surface area contributed by atoms with Crippen molar-refractivity contribution in [2.45, 2.75) is 12.4 Å². The molecule has 0 spiro atoms. The highest BCUT2D eigenvalue weighted by molar-refractivity contribution is 5.49. The fourth-order valence-corrected chi connectivity index (χ4v) is 3.30. The Labute approximate surface area is 86.6 Å². The summed E-state index contributed by atoms with van der Waals surface area (Å²) in [6, 6.07) is 0. The largest absolute Gasteiger partial charge is 0.399 e. The van der Waals surface area contributed by atoms with Gasteiger partial charge in [0.1, 0.15) is 0 Å². The molecule has 3 aliphatic carbocycles. The van der Waals surface area contributed by atoms with Crippen molar-refractivity contribution in [1.82, 2.24) is 0 Å². The predicted molar refractivity (Wildman–Crippen MR) is 42.2 cm³/mol. The zero-order valence-corrected chi connectivity index (χ0v) is 7.73. The van der Waals surface area contributed by atoms with Crippen LogP contribution in [0, 0.1) is 22.7 Å². The molecule has 1 fully saturated rings. The van der Waals surface area contributed by atoms with Gasteiger partial charge >= 0.3 is 12.4 Å². The van der Waals surface area contributed by atoms with E-state index >= 15 is 0 Å². The van der Waals surface area contributed by atoms with Crippen molar-refractivity contribution in [3.63, 3.8) is 0 Å². The lowest BCUT2D eigenvalue weighted by Gasteiger charge is -2.72. The Morgan fingerprint density at radius 3 is 1.12 bits per heavy atom. The average molecular weight is 240 g/mol. The topological polar surface area (TPSA) is 0 Å². The molecule has 0 aliphatic heterocycles. The molecule has 0 amide bonds. The highest BCUT2D eigenvalue weighted by atomic mass is 19.4. The molecule has 0 aromatic rings. The van der Waals surface area contributed by atoms with Crippen molar-refractivity contribution in [2.24, 2.45) is 22.7 Å². The van der Waals surface area contributed by atoms with Crippen molar-refractivity contribution in [3.8, 4) is 0 Å². The fourth-order valence-electron chi connectivity index (χ4n) is 3.30. The van der Waals surface area contributed by atoms with Gasteiger partial charge in [-0.15, -0.1) is 0 Å². The summed E-state index contributed by atoms with van der Waals surface area (Å²) in [5.74, 6) is -2.93. The summed E-state index contributed by atoms with van der Waals surface area (Å²) < 4.78 is 76.5. The van der Waals surface area contributed by atoms with E-state index in [2.05, 4.69) is 0 Å². The summed E-state index contributed by atoms with van der Waals surface area (Å²) in [6.07, 6.45) is -5.40. The molecular formula is C10H6F6. The van der Waals surface area contributed by atoms with E-state index in [4.69, 9.17) is 0 Å². The standard InChI is InChI=1S/C10H6F6/c11-9(12,13)7-3-1-5(7)8(10(14,15)16)4-2-6(7)8/h1-6H. The van der Waals surface area contributed by atoms with Gasteiger partial charge < -0.3 is 0 Å². The van der Waals surface area contributed by atoms with Crippen LogP contribution in [0.1, 0.15) is 0 Å². The lowest BCUT2D eigenvalue weighted by Crippen LogP contribution is -2.78. The van der Waals surface area contributed by atoms with Crippen molar-refractivity contribution >= 4 is 0 Å². The Morgan fingerprint density at radius 2 is 1.00 bits per heavy atom. The Hall–Kier alpha value is -0.940. The van der Waals surface area contributed by atoms with Gasteiger partial charge in [0.25, 0.3) is 0 Å². The zero-order chi connectivity index (χ0) is 12.0. The first-order valence-corrected chi connectivity index (χ1v) is 4.70. The number of hydrogen-bond donors (Lipinski definition) is 0. The van der Waals surface area contributed by atoms with Gasteiger partial charge in [-0.05, 0) is 0 Å². The number of rotatable bonds is 0. The third-order valence-electron chi connectivity index (χ3n) is 4.17. The lowest BCUT2D eigenvalue weighted by molar-refractivity contribution is -0.381. The molecule has 16 heavy (non-hydrogen) atoms. The maximum absolute atomic E-state index is 12.8. The molecule has 0 unspecified atom stereocenters. The third kappa shape index (κ3) is 0.675. The lowest BCUT2D eigenvalue weighted by atomic mass is 9.30. The molecule has 0 saturated heterocycles. The van der Waals surface area contributed by atoms with E-state index in [-0.39, 0.29) is 0 Å². The minimum atomic E-state index is -4.60. The van der Waals surface area contributed by atoms with Crippen LogP contribution in [0.3, 0.4) is 0 Å². The summed E-state index contributed by atoms with van der Waals surface area (Å²) in [5.41, 5.74) is -4.51. The van der Waals surface area contributed by atoms with Crippen LogP contribution in [0.4, 0.5) is 26.3 Å². The second kappa shape index (κ2) is 2.19. The van der Waals surface area contributed by atoms with E-state index < -0.39 is 35.0 Å². The van der Waals surface area contributed by atoms with Crippen LogP contribution in [0.25, 0.3) is 0 Å². The molecule has 0 radical (unpaired) electrons. The molecule has 6 heteroatoms. The molecule has 0 aromatic carbocycles. The molecule has 0 aromatic heterocycles. The monoisotopic (exact) mass is 240 g/mol. The van der Waals surface area contributed by atoms with E-state index in [9.17, 15) is 26.3 Å². The van der Waals surface area contributed by atoms with Crippen LogP contribution in [-0.4, -0.2) is 12.4 Å². The van der Waals surface area contributed by atoms with Gasteiger partial charge in [0.05, 0.1) is 10.8 Å². The second-order valence-corrected chi connectivity index (χ2v) is 4.54. The predicted octanol–water partition coefficient (Wildman–Crippen LogP) is 3.47. The van der Waals surface area contributed by atoms with Crippen molar-refractivity contribution < 1.29 is 26.3 Å². The average Bonchev–Trinajstić information content (AvgIpc) is 1.99. The molecule has 0 N–H and O–H groups in total. The third-order valence-corrected chi connectivity index (χ3v) is 4.17. The maximum Gasteiger partial charge on any atom is 0.399 e. The summed E-state index contributed by atoms with van der Waals surface area (Å²) in [7, 11) is 0. The van der Waals surface area contributed by atoms with Gasteiger partial charge in [-0.2, -0.15) is 26.3 Å². The molecule has 1 saturated carbocycles. The van der Waals surface area contributed by atoms with Crippen LogP contribution in [0.2, 0.25) is 0 Å².